The first-order chi connectivity index (χ1) is 7.81. The molecule has 0 aliphatic heterocycles. The Morgan fingerprint density at radius 2 is 2.00 bits per heavy atom. The zero-order valence-corrected chi connectivity index (χ0v) is 9.91. The summed E-state index contributed by atoms with van der Waals surface area (Å²) in [7, 11) is 0. The van der Waals surface area contributed by atoms with Crippen molar-refractivity contribution in [3.8, 4) is 6.07 Å². The van der Waals surface area contributed by atoms with Crippen molar-refractivity contribution in [3.05, 3.63) is 29.8 Å². The van der Waals surface area contributed by atoms with Gasteiger partial charge in [0.25, 0.3) is 0 Å². The normalized spacial score (nSPS) is 25.0. The Morgan fingerprint density at radius 1 is 1.25 bits per heavy atom. The molecule has 0 saturated heterocycles. The molecule has 1 N–H and O–H groups in total. The molecule has 1 aliphatic rings. The zero-order valence-electron chi connectivity index (χ0n) is 9.10. The second kappa shape index (κ2) is 5.38. The van der Waals surface area contributed by atoms with E-state index in [0.29, 0.717) is 5.56 Å². The van der Waals surface area contributed by atoms with Gasteiger partial charge in [-0.25, -0.2) is 0 Å². The fraction of sp³-hybridized carbons (Fsp3) is 0.462. The number of nitriles is 1. The quantitative estimate of drug-likeness (QED) is 0.854. The predicted octanol–water partition coefficient (Wildman–Crippen LogP) is 2.95. The van der Waals surface area contributed by atoms with Crippen LogP contribution in [0.4, 0.5) is 0 Å². The van der Waals surface area contributed by atoms with E-state index in [4.69, 9.17) is 5.26 Å². The van der Waals surface area contributed by atoms with Gasteiger partial charge in [0, 0.05) is 10.1 Å². The van der Waals surface area contributed by atoms with Gasteiger partial charge in [-0.3, -0.25) is 0 Å². The van der Waals surface area contributed by atoms with Gasteiger partial charge in [0.15, 0.2) is 0 Å². The summed E-state index contributed by atoms with van der Waals surface area (Å²) in [6.07, 6.45) is 4.03. The molecule has 0 aromatic heterocycles. The summed E-state index contributed by atoms with van der Waals surface area (Å²) >= 11 is 1.65. The fourth-order valence-corrected chi connectivity index (χ4v) is 3.34. The highest BCUT2D eigenvalue weighted by Gasteiger charge is 2.24. The molecular weight excluding hydrogens is 218 g/mol. The summed E-state index contributed by atoms with van der Waals surface area (Å²) in [5.74, 6) is 0. The van der Waals surface area contributed by atoms with Crippen molar-refractivity contribution in [2.45, 2.75) is 41.9 Å². The first-order valence-corrected chi connectivity index (χ1v) is 6.53. The molecule has 16 heavy (non-hydrogen) atoms. The van der Waals surface area contributed by atoms with Gasteiger partial charge in [-0.2, -0.15) is 5.26 Å². The van der Waals surface area contributed by atoms with E-state index >= 15 is 0 Å². The highest BCUT2D eigenvalue weighted by molar-refractivity contribution is 8.00. The van der Waals surface area contributed by atoms with Crippen molar-refractivity contribution in [3.63, 3.8) is 0 Å². The Labute approximate surface area is 100 Å². The number of benzene rings is 1. The van der Waals surface area contributed by atoms with Crippen molar-refractivity contribution in [2.75, 3.05) is 0 Å². The molecule has 2 rings (SSSR count). The van der Waals surface area contributed by atoms with Crippen LogP contribution < -0.4 is 0 Å². The minimum absolute atomic E-state index is 0.217. The number of thioether (sulfide) groups is 1. The highest BCUT2D eigenvalue weighted by Crippen LogP contribution is 2.35. The van der Waals surface area contributed by atoms with Gasteiger partial charge in [-0.05, 0) is 25.0 Å². The maximum Gasteiger partial charge on any atom is 0.100 e. The number of nitrogens with zero attached hydrogens (tertiary/aromatic N) is 1. The monoisotopic (exact) mass is 233 g/mol. The largest absolute Gasteiger partial charge is 0.392 e. The summed E-state index contributed by atoms with van der Waals surface area (Å²) in [4.78, 5) is 0.996. The number of hydrogen-bond donors (Lipinski definition) is 1. The van der Waals surface area contributed by atoms with Gasteiger partial charge in [-0.15, -0.1) is 11.8 Å². The molecule has 0 heterocycles. The van der Waals surface area contributed by atoms with Gasteiger partial charge in [0.05, 0.1) is 11.7 Å². The number of hydrogen-bond acceptors (Lipinski definition) is 3. The molecule has 3 heteroatoms. The van der Waals surface area contributed by atoms with Crippen LogP contribution in [0.3, 0.4) is 0 Å². The summed E-state index contributed by atoms with van der Waals surface area (Å²) in [6, 6.07) is 9.81. The lowest BCUT2D eigenvalue weighted by molar-refractivity contribution is 0.137. The van der Waals surface area contributed by atoms with Gasteiger partial charge >= 0.3 is 0 Å². The summed E-state index contributed by atoms with van der Waals surface area (Å²) in [6.45, 7) is 0. The Hall–Kier alpha value is -0.980. The van der Waals surface area contributed by atoms with Crippen molar-refractivity contribution in [1.29, 1.82) is 5.26 Å². The topological polar surface area (TPSA) is 44.0 Å². The van der Waals surface area contributed by atoms with E-state index in [0.717, 1.165) is 24.2 Å². The van der Waals surface area contributed by atoms with Crippen LogP contribution in [-0.2, 0) is 0 Å². The van der Waals surface area contributed by atoms with E-state index in [1.54, 1.807) is 11.8 Å². The number of rotatable bonds is 2. The zero-order chi connectivity index (χ0) is 11.4. The molecule has 84 valence electrons. The van der Waals surface area contributed by atoms with E-state index in [2.05, 4.69) is 6.07 Å². The minimum Gasteiger partial charge on any atom is -0.392 e. The molecule has 1 aromatic carbocycles. The van der Waals surface area contributed by atoms with Crippen LogP contribution in [0, 0.1) is 11.3 Å². The van der Waals surface area contributed by atoms with Crippen LogP contribution in [-0.4, -0.2) is 16.5 Å². The Balaban J connectivity index is 2.11. The molecule has 1 aliphatic carbocycles. The van der Waals surface area contributed by atoms with E-state index in [9.17, 15) is 5.11 Å². The van der Waals surface area contributed by atoms with Crippen molar-refractivity contribution in [2.24, 2.45) is 0 Å². The van der Waals surface area contributed by atoms with E-state index in [1.165, 1.54) is 6.42 Å². The highest BCUT2D eigenvalue weighted by atomic mass is 32.2. The maximum atomic E-state index is 9.89. The van der Waals surface area contributed by atoms with Crippen molar-refractivity contribution in [1.82, 2.24) is 0 Å². The second-order valence-electron chi connectivity index (χ2n) is 4.12. The third-order valence-corrected chi connectivity index (χ3v) is 4.42. The van der Waals surface area contributed by atoms with Crippen LogP contribution in [0.5, 0.6) is 0 Å². The number of aliphatic hydroxyl groups is 1. The third-order valence-electron chi connectivity index (χ3n) is 2.95. The molecule has 0 amide bonds. The van der Waals surface area contributed by atoms with E-state index in [-0.39, 0.29) is 11.4 Å². The molecule has 2 atom stereocenters. The molecule has 1 saturated carbocycles. The lowest BCUT2D eigenvalue weighted by Crippen LogP contribution is -2.26. The Kier molecular flexibility index (Phi) is 3.87. The van der Waals surface area contributed by atoms with Crippen LogP contribution in [0.1, 0.15) is 31.2 Å². The number of aliphatic hydroxyl groups excluding tert-OH is 1. The lowest BCUT2D eigenvalue weighted by atomic mass is 9.97. The van der Waals surface area contributed by atoms with Gasteiger partial charge < -0.3 is 5.11 Å². The van der Waals surface area contributed by atoms with Crippen LogP contribution in [0.15, 0.2) is 29.2 Å². The summed E-state index contributed by atoms with van der Waals surface area (Å²) in [5.41, 5.74) is 0.713. The standard InChI is InChI=1S/C13H15NOS/c14-9-10-5-1-3-7-12(10)16-13-8-4-2-6-11(13)15/h1,3,5,7,11,13,15H,2,4,6,8H2/t11-,13+/m1/s1. The average Bonchev–Trinajstić information content (AvgIpc) is 2.33. The Morgan fingerprint density at radius 3 is 2.75 bits per heavy atom. The fourth-order valence-electron chi connectivity index (χ4n) is 2.04. The molecule has 0 unspecified atom stereocenters. The average molecular weight is 233 g/mol. The van der Waals surface area contributed by atoms with Gasteiger partial charge in [0.2, 0.25) is 0 Å². The molecule has 2 nitrogen and oxygen atoms in total. The minimum atomic E-state index is -0.217. The van der Waals surface area contributed by atoms with Crippen LogP contribution in [0.25, 0.3) is 0 Å². The molecule has 1 aromatic rings. The van der Waals surface area contributed by atoms with Gasteiger partial charge in [-0.1, -0.05) is 25.0 Å². The Bertz CT molecular complexity index is 399. The second-order valence-corrected chi connectivity index (χ2v) is 5.40. The van der Waals surface area contributed by atoms with Crippen LogP contribution in [0.2, 0.25) is 0 Å². The third kappa shape index (κ3) is 2.58. The van der Waals surface area contributed by atoms with E-state index in [1.807, 2.05) is 24.3 Å². The molecule has 0 radical (unpaired) electrons. The lowest BCUT2D eigenvalue weighted by Gasteiger charge is -2.27. The first kappa shape index (κ1) is 11.5. The predicted molar refractivity (Wildman–Crippen MR) is 65.3 cm³/mol. The maximum absolute atomic E-state index is 9.89. The van der Waals surface area contributed by atoms with Gasteiger partial charge in [0.1, 0.15) is 6.07 Å². The summed E-state index contributed by atoms with van der Waals surface area (Å²) < 4.78 is 0. The van der Waals surface area contributed by atoms with E-state index < -0.39 is 0 Å². The smallest absolute Gasteiger partial charge is 0.100 e. The SMILES string of the molecule is N#Cc1ccccc1S[C@H]1CCCC[C@H]1O. The van der Waals surface area contributed by atoms with Crippen molar-refractivity contribution < 1.29 is 5.11 Å². The van der Waals surface area contributed by atoms with Crippen LogP contribution >= 0.6 is 11.8 Å². The molecule has 1 fully saturated rings. The summed E-state index contributed by atoms with van der Waals surface area (Å²) in [5, 5.41) is 19.1. The van der Waals surface area contributed by atoms with Crippen molar-refractivity contribution >= 4 is 11.8 Å². The molecule has 0 spiro atoms. The molecular formula is C13H15NOS. The molecule has 0 bridgehead atoms. The first-order valence-electron chi connectivity index (χ1n) is 5.65.